The number of aliphatic hydroxyl groups excluding tert-OH is 12. The van der Waals surface area contributed by atoms with E-state index in [-0.39, 0.29) is 40.6 Å². The first-order valence-corrected chi connectivity index (χ1v) is 31.1. The van der Waals surface area contributed by atoms with Gasteiger partial charge in [-0.3, -0.25) is 4.79 Å². The van der Waals surface area contributed by atoms with Crippen LogP contribution in [0.4, 0.5) is 0 Å². The van der Waals surface area contributed by atoms with Crippen molar-refractivity contribution in [2.45, 2.75) is 280 Å². The number of ether oxygens (including phenoxy) is 12. The summed E-state index contributed by atoms with van der Waals surface area (Å²) in [6.45, 7) is 17.6. The van der Waals surface area contributed by atoms with E-state index in [0.717, 1.165) is 44.1 Å². The van der Waals surface area contributed by atoms with Crippen molar-refractivity contribution in [1.82, 2.24) is 0 Å². The van der Waals surface area contributed by atoms with Crippen LogP contribution in [0, 0.1) is 39.4 Å². The normalized spacial score (nSPS) is 50.1. The molecular formula is C61H100O26. The number of carbonyl (C=O) groups is 1. The Kier molecular flexibility index (Phi) is 21.3. The molecule has 87 heavy (non-hydrogen) atoms. The van der Waals surface area contributed by atoms with Crippen molar-refractivity contribution in [1.29, 1.82) is 0 Å². The van der Waals surface area contributed by atoms with Crippen LogP contribution in [0.1, 0.15) is 121 Å². The molecule has 0 radical (unpaired) electrons. The number of fused-ring (bicyclic) bond motifs is 5. The van der Waals surface area contributed by atoms with Crippen LogP contribution in [0.3, 0.4) is 0 Å². The second-order valence-corrected chi connectivity index (χ2v) is 27.9. The van der Waals surface area contributed by atoms with Gasteiger partial charge in [0.2, 0.25) is 0 Å². The van der Waals surface area contributed by atoms with E-state index in [4.69, 9.17) is 56.8 Å². The number of aliphatic hydroxyl groups is 13. The smallest absolute Gasteiger partial charge is 0.303 e. The maximum Gasteiger partial charge on any atom is 0.303 e. The molecule has 4 unspecified atom stereocenters. The molecule has 13 N–H and O–H groups in total. The molecule has 9 aliphatic rings. The number of hydrogen-bond donors (Lipinski definition) is 13. The first-order valence-electron chi connectivity index (χ1n) is 31.1. The first-order chi connectivity index (χ1) is 40.8. The summed E-state index contributed by atoms with van der Waals surface area (Å²) >= 11 is 0. The molecule has 32 atom stereocenters. The zero-order chi connectivity index (χ0) is 63.8. The fourth-order valence-electron chi connectivity index (χ4n) is 17.0. The first kappa shape index (κ1) is 69.3. The van der Waals surface area contributed by atoms with Gasteiger partial charge in [-0.1, -0.05) is 57.9 Å². The van der Waals surface area contributed by atoms with Crippen molar-refractivity contribution in [2.75, 3.05) is 33.5 Å². The quantitative estimate of drug-likeness (QED) is 0.0448. The van der Waals surface area contributed by atoms with E-state index in [9.17, 15) is 71.2 Å². The van der Waals surface area contributed by atoms with Gasteiger partial charge in [-0.2, -0.15) is 0 Å². The number of esters is 1. The summed E-state index contributed by atoms with van der Waals surface area (Å²) in [6, 6.07) is 0. The molecule has 26 nitrogen and oxygen atoms in total. The molecule has 0 bridgehead atoms. The lowest BCUT2D eigenvalue weighted by Crippen LogP contribution is -2.68. The van der Waals surface area contributed by atoms with Crippen LogP contribution in [-0.2, 0) is 61.6 Å². The van der Waals surface area contributed by atoms with Gasteiger partial charge in [0.15, 0.2) is 31.5 Å². The maximum atomic E-state index is 12.6. The molecule has 3 saturated carbocycles. The Morgan fingerprint density at radius 2 is 1.20 bits per heavy atom. The summed E-state index contributed by atoms with van der Waals surface area (Å²) in [4.78, 5) is 12.5. The fraction of sp³-hybridized carbons (Fsp3) is 0.918. The average molecular weight is 1250 g/mol. The van der Waals surface area contributed by atoms with E-state index in [0.29, 0.717) is 12.8 Å². The summed E-state index contributed by atoms with van der Waals surface area (Å²) < 4.78 is 72.5. The summed E-state index contributed by atoms with van der Waals surface area (Å²) in [5.74, 6) is -0.246. The van der Waals surface area contributed by atoms with Crippen molar-refractivity contribution < 1.29 is 128 Å². The largest absolute Gasteiger partial charge is 0.459 e. The number of rotatable bonds is 18. The summed E-state index contributed by atoms with van der Waals surface area (Å²) in [5.41, 5.74) is -0.0613. The molecule has 0 amide bonds. The predicted octanol–water partition coefficient (Wildman–Crippen LogP) is -0.928. The monoisotopic (exact) mass is 1250 g/mol. The van der Waals surface area contributed by atoms with Gasteiger partial charge >= 0.3 is 5.97 Å². The average Bonchev–Trinajstić information content (AvgIpc) is 1.66. The number of hydrogen-bond acceptors (Lipinski definition) is 26. The molecular weight excluding hydrogens is 1150 g/mol. The van der Waals surface area contributed by atoms with Gasteiger partial charge in [-0.15, -0.1) is 0 Å². The van der Waals surface area contributed by atoms with Crippen molar-refractivity contribution >= 4 is 5.97 Å². The molecule has 26 heteroatoms. The number of methoxy groups -OCH3 is 1. The third-order valence-electron chi connectivity index (χ3n) is 22.2. The summed E-state index contributed by atoms with van der Waals surface area (Å²) in [5, 5.41) is 145. The second-order valence-electron chi connectivity index (χ2n) is 27.9. The van der Waals surface area contributed by atoms with Gasteiger partial charge in [0, 0.05) is 20.5 Å². The number of carbonyl (C=O) groups excluding carboxylic acids is 1. The Labute approximate surface area is 508 Å². The Bertz CT molecular complexity index is 2390. The lowest BCUT2D eigenvalue weighted by Gasteiger charge is -2.65. The molecule has 0 spiro atoms. The van der Waals surface area contributed by atoms with E-state index < -0.39 is 190 Å². The van der Waals surface area contributed by atoms with Gasteiger partial charge in [0.25, 0.3) is 0 Å². The van der Waals surface area contributed by atoms with Crippen molar-refractivity contribution in [3.8, 4) is 0 Å². The van der Waals surface area contributed by atoms with Crippen LogP contribution in [0.15, 0.2) is 23.3 Å². The molecule has 500 valence electrons. The van der Waals surface area contributed by atoms with Crippen molar-refractivity contribution in [2.24, 2.45) is 39.4 Å². The van der Waals surface area contributed by atoms with Crippen LogP contribution in [-0.4, -0.2) is 265 Å². The molecule has 0 aromatic heterocycles. The molecule has 5 saturated heterocycles. The van der Waals surface area contributed by atoms with E-state index in [1.165, 1.54) is 26.5 Å². The van der Waals surface area contributed by atoms with E-state index >= 15 is 0 Å². The third-order valence-corrected chi connectivity index (χ3v) is 22.2. The molecule has 0 aromatic rings. The van der Waals surface area contributed by atoms with E-state index in [2.05, 4.69) is 40.7 Å². The van der Waals surface area contributed by atoms with Crippen LogP contribution in [0.25, 0.3) is 0 Å². The highest BCUT2D eigenvalue weighted by Gasteiger charge is 2.69. The molecule has 5 heterocycles. The second kappa shape index (κ2) is 26.8. The van der Waals surface area contributed by atoms with E-state index in [1.807, 2.05) is 26.8 Å². The Balaban J connectivity index is 0.937. The highest BCUT2D eigenvalue weighted by Crippen LogP contribution is 2.74. The Morgan fingerprint density at radius 1 is 0.632 bits per heavy atom. The zero-order valence-electron chi connectivity index (χ0n) is 51.9. The predicted molar refractivity (Wildman–Crippen MR) is 300 cm³/mol. The third kappa shape index (κ3) is 12.7. The molecule has 5 aliphatic heterocycles. The minimum atomic E-state index is -1.99. The summed E-state index contributed by atoms with van der Waals surface area (Å²) in [7, 11) is 1.19. The molecule has 9 rings (SSSR count). The highest BCUT2D eigenvalue weighted by atomic mass is 16.8. The van der Waals surface area contributed by atoms with Crippen LogP contribution < -0.4 is 0 Å². The van der Waals surface area contributed by atoms with Gasteiger partial charge in [-0.05, 0) is 112 Å². The Hall–Kier alpha value is -2.01. The number of allylic oxidation sites excluding steroid dienone is 3. The van der Waals surface area contributed by atoms with Gasteiger partial charge in [0.05, 0.1) is 38.6 Å². The molecule has 0 aromatic carbocycles. The lowest BCUT2D eigenvalue weighted by atomic mass is 9.41. The van der Waals surface area contributed by atoms with Crippen molar-refractivity contribution in [3.05, 3.63) is 23.3 Å². The van der Waals surface area contributed by atoms with E-state index in [1.54, 1.807) is 0 Å². The topological polar surface area (TPSA) is 391 Å². The van der Waals surface area contributed by atoms with Crippen LogP contribution >= 0.6 is 0 Å². The molecule has 4 aliphatic carbocycles. The fourth-order valence-corrected chi connectivity index (χ4v) is 17.0. The van der Waals surface area contributed by atoms with Crippen LogP contribution in [0.2, 0.25) is 0 Å². The summed E-state index contributed by atoms with van der Waals surface area (Å²) in [6.07, 6.45) is -28.9. The zero-order valence-corrected chi connectivity index (χ0v) is 51.9. The SMILES string of the molecule is CO[C@@H]1[C@@H](O)[C@H](O[C@@H]2[C@@H](O)[C@H](O[C@H]3[C@H](O)[C@@H](O[C@@H]4OC[C@@H](O)[C@H](O)[C@H]4O)[C@H](O[C@H]4[C@H](OC5CC[C@]6(C)C7=CC[C@]8(C)C([C@@](C)(O)[C@@H](CC=C(C)C)OC(C)=O)CC[C@@]8(C)C7CCC6C5(C)C)OC[C@@H](O)[C@@H]4O)O[C@@H]3C)O[C@H](CO)[C@H]2O)O[C@H](CO)[C@H]1O. The van der Waals surface area contributed by atoms with Gasteiger partial charge in [-0.25, -0.2) is 0 Å². The minimum absolute atomic E-state index is 0.103. The lowest BCUT2D eigenvalue weighted by molar-refractivity contribution is -0.403. The minimum Gasteiger partial charge on any atom is -0.459 e. The van der Waals surface area contributed by atoms with Gasteiger partial charge in [0.1, 0.15) is 115 Å². The van der Waals surface area contributed by atoms with Crippen LogP contribution in [0.5, 0.6) is 0 Å². The maximum absolute atomic E-state index is 12.6. The Morgan fingerprint density at radius 3 is 1.80 bits per heavy atom. The van der Waals surface area contributed by atoms with Crippen molar-refractivity contribution in [3.63, 3.8) is 0 Å². The molecule has 8 fully saturated rings. The standard InChI is InChI=1S/C61H100O26/c1-26(2)12-15-38(80-28(4)64)61(10,75)36-17-21-59(8)30-13-14-35-57(5,6)37(18-19-58(35,7)29(30)16-20-60(36,59)9)83-55-50(40(68)32(66)25-78-55)87-56-51(86-52-43(71)39(67)31(65)24-77-52)44(72)47(27(3)79-56)84-54-46(74)49(42(70)34(23-63)82-54)85-53-45(73)48(76-11)41(69)33(22-62)81-53/h12,16,27,30-56,62-63,65-75H,13-15,17-25H2,1-11H3/t27-,30?,31-,32-,33-,34-,35?,36?,37?,38-,39+,40+,41-,42-,43-,44+,45-,46-,47-,48+,49+,50-,51-,52+,53+,54+,55+,56+,58-,59+,60-,61-/m1/s1. The van der Waals surface area contributed by atoms with Gasteiger partial charge < -0.3 is 123 Å². The highest BCUT2D eigenvalue weighted by molar-refractivity contribution is 5.66.